The van der Waals surface area contributed by atoms with E-state index in [2.05, 4.69) is 10.3 Å². The zero-order valence-electron chi connectivity index (χ0n) is 19.0. The Bertz CT molecular complexity index is 1250. The molecule has 0 fully saturated rings. The molecule has 0 bridgehead atoms. The maximum absolute atomic E-state index is 13.7. The first kappa shape index (κ1) is 24.4. The predicted octanol–water partition coefficient (Wildman–Crippen LogP) is 5.88. The van der Waals surface area contributed by atoms with E-state index in [1.54, 1.807) is 54.7 Å². The molecule has 1 unspecified atom stereocenters. The molecular formula is C28H25F3N2O2. The first-order valence-electron chi connectivity index (χ1n) is 11.0. The van der Waals surface area contributed by atoms with Gasteiger partial charge in [0.25, 0.3) is 0 Å². The van der Waals surface area contributed by atoms with Crippen LogP contribution < -0.4 is 10.1 Å². The van der Waals surface area contributed by atoms with E-state index in [9.17, 15) is 18.3 Å². The van der Waals surface area contributed by atoms with Crippen LogP contribution in [0.2, 0.25) is 0 Å². The standard InChI is InChI=1S/C28H25F3N2O2/c1-35-24-14-7-11-21(17-24)26(34)33-27(25-15-5-6-16-32-25,19-20-9-3-2-4-10-20)22-12-8-13-23(18-22)28(29,30)31/h2-18,26,33-34H,19H2,1H3/t26-,27?/m0/s1. The van der Waals surface area contributed by atoms with Gasteiger partial charge in [-0.2, -0.15) is 13.2 Å². The highest BCUT2D eigenvalue weighted by Crippen LogP contribution is 2.38. The molecule has 0 aliphatic carbocycles. The fraction of sp³-hybridized carbons (Fsp3) is 0.179. The number of pyridine rings is 1. The average molecular weight is 479 g/mol. The summed E-state index contributed by atoms with van der Waals surface area (Å²) >= 11 is 0. The van der Waals surface area contributed by atoms with E-state index in [-0.39, 0.29) is 6.42 Å². The third-order valence-corrected chi connectivity index (χ3v) is 5.89. The Morgan fingerprint density at radius 2 is 1.57 bits per heavy atom. The minimum atomic E-state index is -4.52. The predicted molar refractivity (Wildman–Crippen MR) is 128 cm³/mol. The van der Waals surface area contributed by atoms with Crippen LogP contribution in [0.15, 0.2) is 103 Å². The Morgan fingerprint density at radius 1 is 0.857 bits per heavy atom. The number of nitrogens with one attached hydrogen (secondary N) is 1. The van der Waals surface area contributed by atoms with Crippen molar-refractivity contribution in [3.63, 3.8) is 0 Å². The second kappa shape index (κ2) is 10.3. The van der Waals surface area contributed by atoms with Crippen molar-refractivity contribution in [3.05, 3.63) is 131 Å². The maximum Gasteiger partial charge on any atom is 0.416 e. The summed E-state index contributed by atoms with van der Waals surface area (Å²) in [6.45, 7) is 0. The summed E-state index contributed by atoms with van der Waals surface area (Å²) in [6, 6.07) is 26.7. The molecule has 4 nitrogen and oxygen atoms in total. The molecule has 2 atom stereocenters. The molecule has 180 valence electrons. The molecule has 35 heavy (non-hydrogen) atoms. The Kier molecular flexibility index (Phi) is 7.19. The van der Waals surface area contributed by atoms with Gasteiger partial charge in [0.15, 0.2) is 0 Å². The van der Waals surface area contributed by atoms with Gasteiger partial charge in [-0.15, -0.1) is 0 Å². The number of nitrogens with zero attached hydrogens (tertiary/aromatic N) is 1. The number of benzene rings is 3. The van der Waals surface area contributed by atoms with Gasteiger partial charge in [-0.1, -0.05) is 60.7 Å². The SMILES string of the molecule is COc1cccc([C@H](O)NC(Cc2ccccc2)(c2cccc(C(F)(F)F)c2)c2ccccn2)c1. The molecule has 0 aliphatic heterocycles. The summed E-state index contributed by atoms with van der Waals surface area (Å²) in [6.07, 6.45) is -3.93. The molecule has 0 radical (unpaired) electrons. The van der Waals surface area contributed by atoms with Crippen LogP contribution in [0.1, 0.15) is 34.2 Å². The lowest BCUT2D eigenvalue weighted by molar-refractivity contribution is -0.137. The second-order valence-corrected chi connectivity index (χ2v) is 8.18. The number of rotatable bonds is 8. The van der Waals surface area contributed by atoms with Crippen molar-refractivity contribution in [1.29, 1.82) is 0 Å². The van der Waals surface area contributed by atoms with E-state index >= 15 is 0 Å². The second-order valence-electron chi connectivity index (χ2n) is 8.18. The lowest BCUT2D eigenvalue weighted by Crippen LogP contribution is -2.48. The highest BCUT2D eigenvalue weighted by atomic mass is 19.4. The molecule has 4 aromatic rings. The lowest BCUT2D eigenvalue weighted by atomic mass is 9.79. The van der Waals surface area contributed by atoms with Gasteiger partial charge in [0.1, 0.15) is 12.0 Å². The van der Waals surface area contributed by atoms with Crippen molar-refractivity contribution >= 4 is 0 Å². The van der Waals surface area contributed by atoms with Crippen LogP contribution in [-0.4, -0.2) is 17.2 Å². The molecule has 1 heterocycles. The van der Waals surface area contributed by atoms with Crippen LogP contribution in [0.5, 0.6) is 5.75 Å². The largest absolute Gasteiger partial charge is 0.497 e. The molecule has 0 aliphatic rings. The fourth-order valence-corrected chi connectivity index (χ4v) is 4.16. The number of aromatic nitrogens is 1. The molecule has 0 saturated heterocycles. The van der Waals surface area contributed by atoms with Gasteiger partial charge < -0.3 is 9.84 Å². The number of aliphatic hydroxyl groups is 1. The minimum Gasteiger partial charge on any atom is -0.497 e. The van der Waals surface area contributed by atoms with Crippen molar-refractivity contribution in [2.45, 2.75) is 24.4 Å². The van der Waals surface area contributed by atoms with Gasteiger partial charge in [0.2, 0.25) is 0 Å². The molecular weight excluding hydrogens is 453 g/mol. The summed E-state index contributed by atoms with van der Waals surface area (Å²) < 4.78 is 46.4. The smallest absolute Gasteiger partial charge is 0.416 e. The number of alkyl halides is 3. The molecule has 0 saturated carbocycles. The first-order valence-corrected chi connectivity index (χ1v) is 11.0. The van der Waals surface area contributed by atoms with Crippen LogP contribution in [0.25, 0.3) is 0 Å². The monoisotopic (exact) mass is 478 g/mol. The van der Waals surface area contributed by atoms with Gasteiger partial charge in [-0.25, -0.2) is 0 Å². The van der Waals surface area contributed by atoms with Crippen molar-refractivity contribution < 1.29 is 23.0 Å². The fourth-order valence-electron chi connectivity index (χ4n) is 4.16. The number of hydrogen-bond acceptors (Lipinski definition) is 4. The summed E-state index contributed by atoms with van der Waals surface area (Å²) in [5, 5.41) is 14.5. The lowest BCUT2D eigenvalue weighted by Gasteiger charge is -2.38. The third-order valence-electron chi connectivity index (χ3n) is 5.89. The zero-order valence-corrected chi connectivity index (χ0v) is 19.0. The number of hydrogen-bond donors (Lipinski definition) is 2. The molecule has 0 spiro atoms. The molecule has 4 rings (SSSR count). The van der Waals surface area contributed by atoms with Crippen molar-refractivity contribution in [3.8, 4) is 5.75 Å². The Hall–Kier alpha value is -3.68. The van der Waals surface area contributed by atoms with E-state index < -0.39 is 23.5 Å². The van der Waals surface area contributed by atoms with Gasteiger partial charge in [-0.05, 0) is 53.1 Å². The van der Waals surface area contributed by atoms with Crippen molar-refractivity contribution in [2.75, 3.05) is 7.11 Å². The first-order chi connectivity index (χ1) is 16.8. The highest BCUT2D eigenvalue weighted by molar-refractivity contribution is 5.41. The molecule has 3 aromatic carbocycles. The Labute approximate surface area is 202 Å². The van der Waals surface area contributed by atoms with E-state index in [0.29, 0.717) is 22.6 Å². The number of ether oxygens (including phenoxy) is 1. The quantitative estimate of drug-likeness (QED) is 0.311. The van der Waals surface area contributed by atoms with Gasteiger partial charge in [0.05, 0.1) is 23.9 Å². The summed E-state index contributed by atoms with van der Waals surface area (Å²) in [5.41, 5.74) is 0.111. The number of methoxy groups -OCH3 is 1. The maximum atomic E-state index is 13.7. The summed E-state index contributed by atoms with van der Waals surface area (Å²) in [4.78, 5) is 4.52. The number of halogens is 3. The molecule has 7 heteroatoms. The summed E-state index contributed by atoms with van der Waals surface area (Å²) in [5.74, 6) is 0.550. The van der Waals surface area contributed by atoms with Crippen molar-refractivity contribution in [2.24, 2.45) is 0 Å². The van der Waals surface area contributed by atoms with Crippen LogP contribution in [0.3, 0.4) is 0 Å². The van der Waals surface area contributed by atoms with Gasteiger partial charge in [0, 0.05) is 12.6 Å². The van der Waals surface area contributed by atoms with Crippen molar-refractivity contribution in [1.82, 2.24) is 10.3 Å². The molecule has 0 amide bonds. The molecule has 1 aromatic heterocycles. The zero-order chi connectivity index (χ0) is 24.9. The van der Waals surface area contributed by atoms with Crippen LogP contribution in [0, 0.1) is 0 Å². The van der Waals surface area contributed by atoms with E-state index in [4.69, 9.17) is 4.74 Å². The normalized spacial score (nSPS) is 14.2. The Balaban J connectivity index is 1.91. The van der Waals surface area contributed by atoms with Gasteiger partial charge >= 0.3 is 6.18 Å². The topological polar surface area (TPSA) is 54.4 Å². The molecule has 2 N–H and O–H groups in total. The van der Waals surface area contributed by atoms with Crippen LogP contribution in [-0.2, 0) is 18.1 Å². The van der Waals surface area contributed by atoms with E-state index in [1.165, 1.54) is 13.2 Å². The third kappa shape index (κ3) is 5.53. The minimum absolute atomic E-state index is 0.243. The van der Waals surface area contributed by atoms with E-state index in [1.807, 2.05) is 30.3 Å². The highest BCUT2D eigenvalue weighted by Gasteiger charge is 2.40. The van der Waals surface area contributed by atoms with Crippen LogP contribution in [0.4, 0.5) is 13.2 Å². The average Bonchev–Trinajstić information content (AvgIpc) is 2.89. The Morgan fingerprint density at radius 3 is 2.26 bits per heavy atom. The van der Waals surface area contributed by atoms with Crippen LogP contribution >= 0.6 is 0 Å². The number of aliphatic hydroxyl groups excluding tert-OH is 1. The van der Waals surface area contributed by atoms with E-state index in [0.717, 1.165) is 17.7 Å². The summed E-state index contributed by atoms with van der Waals surface area (Å²) in [7, 11) is 1.52. The van der Waals surface area contributed by atoms with Gasteiger partial charge in [-0.3, -0.25) is 10.3 Å².